The van der Waals surface area contributed by atoms with Crippen molar-refractivity contribution in [2.45, 2.75) is 13.3 Å². The largest absolute Gasteiger partial charge is 0.326 e. The molecular weight excluding hydrogens is 339 g/mol. The van der Waals surface area contributed by atoms with Crippen LogP contribution in [0.1, 0.15) is 23.7 Å². The summed E-state index contributed by atoms with van der Waals surface area (Å²) in [6.45, 7) is 1.82. The number of nitrogens with zero attached hydrogens (tertiary/aromatic N) is 1. The number of carbonyl (C=O) groups excluding carboxylic acids is 1. The van der Waals surface area contributed by atoms with E-state index in [1.807, 2.05) is 55.5 Å². The molecule has 134 valence electrons. The highest BCUT2D eigenvalue weighted by molar-refractivity contribution is 5.92. The lowest BCUT2D eigenvalue weighted by Gasteiger charge is -2.12. The Morgan fingerprint density at radius 2 is 1.93 bits per heavy atom. The smallest absolute Gasteiger partial charge is 0.227 e. The number of rotatable bonds is 4. The maximum atomic E-state index is 13.3. The summed E-state index contributed by atoms with van der Waals surface area (Å²) in [5.74, 6) is 5.35. The van der Waals surface area contributed by atoms with Crippen LogP contribution in [0.15, 0.2) is 72.9 Å². The molecule has 1 unspecified atom stereocenters. The molecule has 0 bridgehead atoms. The molecule has 4 heteroatoms. The third-order valence-corrected chi connectivity index (χ3v) is 4.01. The molecule has 1 amide bonds. The van der Waals surface area contributed by atoms with E-state index in [1.54, 1.807) is 12.3 Å². The van der Waals surface area contributed by atoms with Crippen molar-refractivity contribution in [3.05, 3.63) is 95.6 Å². The van der Waals surface area contributed by atoms with Crippen LogP contribution < -0.4 is 5.32 Å². The predicted molar refractivity (Wildman–Crippen MR) is 105 cm³/mol. The van der Waals surface area contributed by atoms with Crippen molar-refractivity contribution in [2.24, 2.45) is 5.92 Å². The average Bonchev–Trinajstić information content (AvgIpc) is 2.67. The summed E-state index contributed by atoms with van der Waals surface area (Å²) in [6.07, 6.45) is 2.17. The van der Waals surface area contributed by atoms with E-state index in [2.05, 4.69) is 22.1 Å². The van der Waals surface area contributed by atoms with E-state index in [4.69, 9.17) is 0 Å². The van der Waals surface area contributed by atoms with Crippen LogP contribution in [0.4, 0.5) is 10.1 Å². The van der Waals surface area contributed by atoms with Crippen LogP contribution in [-0.2, 0) is 11.2 Å². The zero-order chi connectivity index (χ0) is 19.1. The highest BCUT2D eigenvalue weighted by atomic mass is 19.1. The molecule has 1 heterocycles. The van der Waals surface area contributed by atoms with Gasteiger partial charge in [-0.25, -0.2) is 9.37 Å². The number of hydrogen-bond acceptors (Lipinski definition) is 2. The van der Waals surface area contributed by atoms with Gasteiger partial charge in [-0.15, -0.1) is 0 Å². The summed E-state index contributed by atoms with van der Waals surface area (Å²) in [6, 6.07) is 19.2. The molecular formula is C23H19FN2O. The van der Waals surface area contributed by atoms with E-state index < -0.39 is 0 Å². The second kappa shape index (κ2) is 8.77. The lowest BCUT2D eigenvalue weighted by atomic mass is 10.00. The zero-order valence-electron chi connectivity index (χ0n) is 14.9. The van der Waals surface area contributed by atoms with Crippen molar-refractivity contribution in [1.82, 2.24) is 4.98 Å². The Labute approximate surface area is 158 Å². The molecule has 3 nitrogen and oxygen atoms in total. The molecule has 0 aliphatic carbocycles. The zero-order valence-corrected chi connectivity index (χ0v) is 14.9. The van der Waals surface area contributed by atoms with Gasteiger partial charge in [0.25, 0.3) is 0 Å². The van der Waals surface area contributed by atoms with Crippen LogP contribution in [0.3, 0.4) is 0 Å². The molecule has 3 aromatic rings. The first-order chi connectivity index (χ1) is 13.1. The highest BCUT2D eigenvalue weighted by Gasteiger charge is 2.14. The number of aromatic nitrogens is 1. The minimum absolute atomic E-state index is 0.117. The van der Waals surface area contributed by atoms with Crippen LogP contribution >= 0.6 is 0 Å². The van der Waals surface area contributed by atoms with Crippen molar-refractivity contribution in [1.29, 1.82) is 0 Å². The predicted octanol–water partition coefficient (Wildman–Crippen LogP) is 4.44. The first-order valence-corrected chi connectivity index (χ1v) is 8.68. The molecule has 1 atom stereocenters. The van der Waals surface area contributed by atoms with Gasteiger partial charge in [0.1, 0.15) is 11.5 Å². The number of carbonyl (C=O) groups is 1. The fourth-order valence-corrected chi connectivity index (χ4v) is 2.62. The molecule has 0 aliphatic heterocycles. The molecule has 2 aromatic carbocycles. The van der Waals surface area contributed by atoms with Crippen LogP contribution in [0.5, 0.6) is 0 Å². The molecule has 27 heavy (non-hydrogen) atoms. The minimum atomic E-state index is -0.292. The van der Waals surface area contributed by atoms with Crippen molar-refractivity contribution in [2.75, 3.05) is 5.32 Å². The second-order valence-electron chi connectivity index (χ2n) is 6.27. The summed E-state index contributed by atoms with van der Waals surface area (Å²) >= 11 is 0. The fraction of sp³-hybridized carbons (Fsp3) is 0.130. The van der Waals surface area contributed by atoms with Gasteiger partial charge in [-0.3, -0.25) is 4.79 Å². The number of amides is 1. The molecule has 0 spiro atoms. The number of halogens is 1. The normalized spacial score (nSPS) is 11.2. The van der Waals surface area contributed by atoms with Gasteiger partial charge < -0.3 is 5.32 Å². The fourth-order valence-electron chi connectivity index (χ4n) is 2.62. The number of pyridine rings is 1. The quantitative estimate of drug-likeness (QED) is 0.701. The van der Waals surface area contributed by atoms with Gasteiger partial charge in [0, 0.05) is 23.4 Å². The molecule has 0 saturated heterocycles. The third-order valence-electron chi connectivity index (χ3n) is 4.01. The first kappa shape index (κ1) is 18.3. The first-order valence-electron chi connectivity index (χ1n) is 8.68. The van der Waals surface area contributed by atoms with E-state index in [0.29, 0.717) is 17.8 Å². The van der Waals surface area contributed by atoms with Gasteiger partial charge in [-0.05, 0) is 60.4 Å². The molecule has 0 saturated carbocycles. The monoisotopic (exact) mass is 358 g/mol. The van der Waals surface area contributed by atoms with Crippen LogP contribution in [0, 0.1) is 23.6 Å². The van der Waals surface area contributed by atoms with Crippen molar-refractivity contribution < 1.29 is 9.18 Å². The number of anilines is 1. The summed E-state index contributed by atoms with van der Waals surface area (Å²) in [5.41, 5.74) is 2.96. The standard InChI is InChI=1S/C23H19FN2O/c1-17(14-19-7-4-8-20(24)15-19)23(27)26-22-10-5-6-18(16-22)11-12-21-9-2-3-13-25-21/h2-10,13,15-17H,14H2,1H3,(H,26,27). The summed E-state index contributed by atoms with van der Waals surface area (Å²) in [4.78, 5) is 16.6. The molecule has 3 rings (SSSR count). The SMILES string of the molecule is CC(Cc1cccc(F)c1)C(=O)Nc1cccc(C#Cc2ccccn2)c1. The third kappa shape index (κ3) is 5.52. The van der Waals surface area contributed by atoms with E-state index in [1.165, 1.54) is 12.1 Å². The van der Waals surface area contributed by atoms with E-state index in [9.17, 15) is 9.18 Å². The maximum absolute atomic E-state index is 13.3. The van der Waals surface area contributed by atoms with Crippen molar-refractivity contribution >= 4 is 11.6 Å². The molecule has 1 N–H and O–H groups in total. The minimum Gasteiger partial charge on any atom is -0.326 e. The second-order valence-corrected chi connectivity index (χ2v) is 6.27. The van der Waals surface area contributed by atoms with Crippen LogP contribution in [-0.4, -0.2) is 10.9 Å². The molecule has 0 radical (unpaired) electrons. The molecule has 0 aliphatic rings. The molecule has 0 fully saturated rings. The Morgan fingerprint density at radius 3 is 2.70 bits per heavy atom. The van der Waals surface area contributed by atoms with Gasteiger partial charge >= 0.3 is 0 Å². The van der Waals surface area contributed by atoms with Gasteiger partial charge in [0.2, 0.25) is 5.91 Å². The number of nitrogens with one attached hydrogen (secondary N) is 1. The number of hydrogen-bond donors (Lipinski definition) is 1. The van der Waals surface area contributed by atoms with Crippen molar-refractivity contribution in [3.8, 4) is 11.8 Å². The van der Waals surface area contributed by atoms with Crippen LogP contribution in [0.2, 0.25) is 0 Å². The Bertz CT molecular complexity index is 990. The van der Waals surface area contributed by atoms with Crippen molar-refractivity contribution in [3.63, 3.8) is 0 Å². The summed E-state index contributed by atoms with van der Waals surface area (Å²) in [5, 5.41) is 2.90. The number of benzene rings is 2. The molecule has 1 aromatic heterocycles. The summed E-state index contributed by atoms with van der Waals surface area (Å²) in [7, 11) is 0. The van der Waals surface area contributed by atoms with Gasteiger partial charge in [0.15, 0.2) is 0 Å². The Hall–Kier alpha value is -3.45. The Morgan fingerprint density at radius 1 is 1.07 bits per heavy atom. The lowest BCUT2D eigenvalue weighted by molar-refractivity contribution is -0.119. The van der Waals surface area contributed by atoms with Gasteiger partial charge in [-0.2, -0.15) is 0 Å². The Kier molecular flexibility index (Phi) is 5.96. The van der Waals surface area contributed by atoms with Gasteiger partial charge in [-0.1, -0.05) is 37.1 Å². The average molecular weight is 358 g/mol. The van der Waals surface area contributed by atoms with E-state index >= 15 is 0 Å². The lowest BCUT2D eigenvalue weighted by Crippen LogP contribution is -2.22. The topological polar surface area (TPSA) is 42.0 Å². The Balaban J connectivity index is 1.65. The van der Waals surface area contributed by atoms with E-state index in [0.717, 1.165) is 11.1 Å². The highest BCUT2D eigenvalue weighted by Crippen LogP contribution is 2.15. The maximum Gasteiger partial charge on any atom is 0.227 e. The van der Waals surface area contributed by atoms with Gasteiger partial charge in [0.05, 0.1) is 0 Å². The van der Waals surface area contributed by atoms with E-state index in [-0.39, 0.29) is 17.6 Å². The summed E-state index contributed by atoms with van der Waals surface area (Å²) < 4.78 is 13.3. The van der Waals surface area contributed by atoms with Crippen LogP contribution in [0.25, 0.3) is 0 Å².